The highest BCUT2D eigenvalue weighted by Crippen LogP contribution is 2.03. The third-order valence-corrected chi connectivity index (χ3v) is 2.52. The predicted octanol–water partition coefficient (Wildman–Crippen LogP) is 1.45. The zero-order chi connectivity index (χ0) is 12.8. The summed E-state index contributed by atoms with van der Waals surface area (Å²) in [7, 11) is 0. The van der Waals surface area contributed by atoms with Crippen molar-refractivity contribution in [2.24, 2.45) is 0 Å². The number of amides is 1. The number of rotatable bonds is 5. The van der Waals surface area contributed by atoms with Gasteiger partial charge in [0.2, 0.25) is 5.91 Å². The van der Waals surface area contributed by atoms with Gasteiger partial charge in [0.05, 0.1) is 6.42 Å². The van der Waals surface area contributed by atoms with Crippen molar-refractivity contribution >= 4 is 5.91 Å². The molecule has 0 radical (unpaired) electrons. The van der Waals surface area contributed by atoms with Crippen LogP contribution in [0.5, 0.6) is 0 Å². The van der Waals surface area contributed by atoms with Crippen molar-refractivity contribution in [1.29, 1.82) is 0 Å². The van der Waals surface area contributed by atoms with Crippen LogP contribution in [0.1, 0.15) is 11.4 Å². The maximum absolute atomic E-state index is 12.7. The highest BCUT2D eigenvalue weighted by Gasteiger charge is 2.03. The highest BCUT2D eigenvalue weighted by atomic mass is 19.1. The Morgan fingerprint density at radius 1 is 1.33 bits per heavy atom. The fourth-order valence-corrected chi connectivity index (χ4v) is 1.61. The molecule has 0 spiro atoms. The fraction of sp³-hybridized carbons (Fsp3) is 0.231. The number of imidazole rings is 1. The van der Waals surface area contributed by atoms with E-state index in [1.165, 1.54) is 12.1 Å². The van der Waals surface area contributed by atoms with Gasteiger partial charge in [-0.2, -0.15) is 0 Å². The molecule has 18 heavy (non-hydrogen) atoms. The SMILES string of the molecule is O=C(Cc1ccc(F)cc1)NCCc1ncc[nH]1. The fourth-order valence-electron chi connectivity index (χ4n) is 1.61. The Balaban J connectivity index is 1.73. The molecule has 1 aromatic heterocycles. The van der Waals surface area contributed by atoms with Crippen LogP contribution in [-0.4, -0.2) is 22.4 Å². The van der Waals surface area contributed by atoms with Crippen LogP contribution in [0.3, 0.4) is 0 Å². The van der Waals surface area contributed by atoms with Gasteiger partial charge in [-0.25, -0.2) is 9.37 Å². The molecule has 2 rings (SSSR count). The third-order valence-electron chi connectivity index (χ3n) is 2.52. The molecule has 1 amide bonds. The molecule has 0 unspecified atom stereocenters. The van der Waals surface area contributed by atoms with Gasteiger partial charge in [-0.1, -0.05) is 12.1 Å². The van der Waals surface area contributed by atoms with Gasteiger partial charge in [0, 0.05) is 25.4 Å². The molecule has 5 heteroatoms. The number of carbonyl (C=O) groups excluding carboxylic acids is 1. The van der Waals surface area contributed by atoms with Gasteiger partial charge in [-0.15, -0.1) is 0 Å². The molecule has 0 atom stereocenters. The second-order valence-corrected chi connectivity index (χ2v) is 3.94. The minimum atomic E-state index is -0.294. The molecule has 1 heterocycles. The Labute approximate surface area is 104 Å². The summed E-state index contributed by atoms with van der Waals surface area (Å²) in [6.45, 7) is 0.535. The molecule has 0 aliphatic heterocycles. The Morgan fingerprint density at radius 3 is 2.78 bits per heavy atom. The highest BCUT2D eigenvalue weighted by molar-refractivity contribution is 5.78. The van der Waals surface area contributed by atoms with Crippen molar-refractivity contribution < 1.29 is 9.18 Å². The number of H-pyrrole nitrogens is 1. The van der Waals surface area contributed by atoms with Gasteiger partial charge in [-0.05, 0) is 17.7 Å². The van der Waals surface area contributed by atoms with Gasteiger partial charge < -0.3 is 10.3 Å². The predicted molar refractivity (Wildman–Crippen MR) is 65.4 cm³/mol. The first-order chi connectivity index (χ1) is 8.74. The zero-order valence-corrected chi connectivity index (χ0v) is 9.82. The smallest absolute Gasteiger partial charge is 0.224 e. The Morgan fingerprint density at radius 2 is 2.11 bits per heavy atom. The van der Waals surface area contributed by atoms with Gasteiger partial charge in [0.15, 0.2) is 0 Å². The monoisotopic (exact) mass is 247 g/mol. The van der Waals surface area contributed by atoms with Gasteiger partial charge in [0.25, 0.3) is 0 Å². The van der Waals surface area contributed by atoms with Crippen LogP contribution >= 0.6 is 0 Å². The lowest BCUT2D eigenvalue weighted by molar-refractivity contribution is -0.120. The Bertz CT molecular complexity index is 493. The lowest BCUT2D eigenvalue weighted by Crippen LogP contribution is -2.27. The molecule has 1 aromatic carbocycles. The molecule has 0 fully saturated rings. The summed E-state index contributed by atoms with van der Waals surface area (Å²) in [5, 5.41) is 2.79. The van der Waals surface area contributed by atoms with E-state index < -0.39 is 0 Å². The summed E-state index contributed by atoms with van der Waals surface area (Å²) in [6.07, 6.45) is 4.35. The van der Waals surface area contributed by atoms with Crippen LogP contribution in [0.25, 0.3) is 0 Å². The van der Waals surface area contributed by atoms with Crippen molar-refractivity contribution in [3.63, 3.8) is 0 Å². The second kappa shape index (κ2) is 5.95. The largest absolute Gasteiger partial charge is 0.355 e. The number of hydrogen-bond donors (Lipinski definition) is 2. The van der Waals surface area contributed by atoms with E-state index in [1.807, 2.05) is 0 Å². The van der Waals surface area contributed by atoms with Crippen LogP contribution < -0.4 is 5.32 Å². The summed E-state index contributed by atoms with van der Waals surface area (Å²) >= 11 is 0. The molecule has 2 aromatic rings. The van der Waals surface area contributed by atoms with E-state index in [1.54, 1.807) is 24.5 Å². The van der Waals surface area contributed by atoms with Crippen LogP contribution in [0, 0.1) is 5.82 Å². The van der Waals surface area contributed by atoms with Crippen LogP contribution in [0.2, 0.25) is 0 Å². The summed E-state index contributed by atoms with van der Waals surface area (Å²) in [4.78, 5) is 18.6. The lowest BCUT2D eigenvalue weighted by Gasteiger charge is -2.04. The first-order valence-corrected chi connectivity index (χ1v) is 5.73. The van der Waals surface area contributed by atoms with E-state index >= 15 is 0 Å². The summed E-state index contributed by atoms with van der Waals surface area (Å²) in [5.74, 6) is 0.474. The Kier molecular flexibility index (Phi) is 4.06. The van der Waals surface area contributed by atoms with Gasteiger partial charge in [-0.3, -0.25) is 4.79 Å². The quantitative estimate of drug-likeness (QED) is 0.840. The maximum atomic E-state index is 12.7. The minimum Gasteiger partial charge on any atom is -0.355 e. The average Bonchev–Trinajstić information content (AvgIpc) is 2.85. The number of carbonyl (C=O) groups is 1. The molecule has 94 valence electrons. The number of nitrogens with one attached hydrogen (secondary N) is 2. The molecule has 0 bridgehead atoms. The van der Waals surface area contributed by atoms with Crippen molar-refractivity contribution in [3.05, 3.63) is 53.9 Å². The van der Waals surface area contributed by atoms with E-state index in [9.17, 15) is 9.18 Å². The van der Waals surface area contributed by atoms with Gasteiger partial charge >= 0.3 is 0 Å². The molecule has 0 saturated carbocycles. The zero-order valence-electron chi connectivity index (χ0n) is 9.82. The number of aromatic amines is 1. The average molecular weight is 247 g/mol. The van der Waals surface area contributed by atoms with Crippen molar-refractivity contribution in [3.8, 4) is 0 Å². The summed E-state index contributed by atoms with van der Waals surface area (Å²) in [5.41, 5.74) is 0.798. The van der Waals surface area contributed by atoms with E-state index in [0.717, 1.165) is 11.4 Å². The van der Waals surface area contributed by atoms with E-state index in [0.29, 0.717) is 13.0 Å². The van der Waals surface area contributed by atoms with Crippen LogP contribution in [-0.2, 0) is 17.6 Å². The van der Waals surface area contributed by atoms with Crippen LogP contribution in [0.15, 0.2) is 36.7 Å². The van der Waals surface area contributed by atoms with E-state index in [-0.39, 0.29) is 18.1 Å². The number of hydrogen-bond acceptors (Lipinski definition) is 2. The molecule has 0 saturated heterocycles. The maximum Gasteiger partial charge on any atom is 0.224 e. The Hall–Kier alpha value is -2.17. The molecule has 2 N–H and O–H groups in total. The summed E-state index contributed by atoms with van der Waals surface area (Å²) in [6, 6.07) is 5.93. The number of halogens is 1. The normalized spacial score (nSPS) is 10.3. The number of benzene rings is 1. The lowest BCUT2D eigenvalue weighted by atomic mass is 10.1. The van der Waals surface area contributed by atoms with E-state index in [4.69, 9.17) is 0 Å². The minimum absolute atomic E-state index is 0.0758. The van der Waals surface area contributed by atoms with E-state index in [2.05, 4.69) is 15.3 Å². The van der Waals surface area contributed by atoms with Crippen molar-refractivity contribution in [1.82, 2.24) is 15.3 Å². The van der Waals surface area contributed by atoms with Crippen molar-refractivity contribution in [2.45, 2.75) is 12.8 Å². The number of aromatic nitrogens is 2. The molecular formula is C13H14FN3O. The standard InChI is InChI=1S/C13H14FN3O/c14-11-3-1-10(2-4-11)9-13(18)17-6-5-12-15-7-8-16-12/h1-4,7-8H,5-6,9H2,(H,15,16)(H,17,18). The molecule has 4 nitrogen and oxygen atoms in total. The van der Waals surface area contributed by atoms with Gasteiger partial charge in [0.1, 0.15) is 11.6 Å². The molecular weight excluding hydrogens is 233 g/mol. The topological polar surface area (TPSA) is 57.8 Å². The molecule has 0 aliphatic carbocycles. The molecule has 0 aliphatic rings. The summed E-state index contributed by atoms with van der Waals surface area (Å²) < 4.78 is 12.7. The third kappa shape index (κ3) is 3.69. The first kappa shape index (κ1) is 12.3. The first-order valence-electron chi connectivity index (χ1n) is 5.73. The second-order valence-electron chi connectivity index (χ2n) is 3.94. The van der Waals surface area contributed by atoms with Crippen molar-refractivity contribution in [2.75, 3.05) is 6.54 Å². The number of nitrogens with zero attached hydrogens (tertiary/aromatic N) is 1. The van der Waals surface area contributed by atoms with Crippen LogP contribution in [0.4, 0.5) is 4.39 Å².